The van der Waals surface area contributed by atoms with Gasteiger partial charge in [-0.3, -0.25) is 14.2 Å². The molecule has 0 spiro atoms. The molecule has 8 heteroatoms. The highest BCUT2D eigenvalue weighted by atomic mass is 35.5. The molecule has 0 aliphatic heterocycles. The van der Waals surface area contributed by atoms with Crippen LogP contribution >= 0.6 is 23.4 Å². The maximum atomic E-state index is 13.0. The molecule has 31 heavy (non-hydrogen) atoms. The summed E-state index contributed by atoms with van der Waals surface area (Å²) in [7, 11) is 0. The predicted molar refractivity (Wildman–Crippen MR) is 127 cm³/mol. The highest BCUT2D eigenvalue weighted by Crippen LogP contribution is 2.28. The van der Waals surface area contributed by atoms with Gasteiger partial charge >= 0.3 is 0 Å². The van der Waals surface area contributed by atoms with E-state index in [-0.39, 0.29) is 17.2 Å². The molecule has 0 bridgehead atoms. The summed E-state index contributed by atoms with van der Waals surface area (Å²) in [6.07, 6.45) is 1.80. The molecule has 1 amide bonds. The third kappa shape index (κ3) is 4.24. The molecule has 0 saturated heterocycles. The van der Waals surface area contributed by atoms with Crippen molar-refractivity contribution in [2.24, 2.45) is 0 Å². The smallest absolute Gasteiger partial charge is 0.278 e. The van der Waals surface area contributed by atoms with Crippen molar-refractivity contribution in [1.29, 1.82) is 0 Å². The van der Waals surface area contributed by atoms with Crippen LogP contribution in [0.2, 0.25) is 5.02 Å². The van der Waals surface area contributed by atoms with Crippen molar-refractivity contribution in [3.63, 3.8) is 0 Å². The highest BCUT2D eigenvalue weighted by Gasteiger charge is 2.17. The lowest BCUT2D eigenvalue weighted by Gasteiger charge is -2.12. The lowest BCUT2D eigenvalue weighted by molar-refractivity contribution is -0.113. The molecule has 0 aliphatic carbocycles. The number of halogens is 1. The van der Waals surface area contributed by atoms with Crippen molar-refractivity contribution in [3.05, 3.63) is 75.7 Å². The number of anilines is 1. The lowest BCUT2D eigenvalue weighted by atomic mass is 10.1. The Morgan fingerprint density at radius 3 is 2.71 bits per heavy atom. The number of aromatic nitrogens is 3. The van der Waals surface area contributed by atoms with Crippen LogP contribution in [-0.2, 0) is 11.3 Å². The second-order valence-corrected chi connectivity index (χ2v) is 8.33. The Morgan fingerprint density at radius 1 is 1.19 bits per heavy atom. The van der Waals surface area contributed by atoms with Crippen LogP contribution < -0.4 is 10.9 Å². The number of carbonyl (C=O) groups is 1. The van der Waals surface area contributed by atoms with Gasteiger partial charge in [-0.05, 0) is 37.1 Å². The molecule has 0 atom stereocenters. The minimum absolute atomic E-state index is 0.120. The van der Waals surface area contributed by atoms with Crippen molar-refractivity contribution >= 4 is 46.0 Å². The van der Waals surface area contributed by atoms with Crippen molar-refractivity contribution in [2.75, 3.05) is 11.1 Å². The van der Waals surface area contributed by atoms with Crippen LogP contribution in [0, 0.1) is 6.92 Å². The van der Waals surface area contributed by atoms with E-state index in [0.29, 0.717) is 33.4 Å². The van der Waals surface area contributed by atoms with Crippen LogP contribution in [0.3, 0.4) is 0 Å². The first kappa shape index (κ1) is 21.2. The number of aromatic amines is 1. The maximum absolute atomic E-state index is 13.0. The number of H-pyrrole nitrogens is 1. The Kier molecular flexibility index (Phi) is 6.15. The van der Waals surface area contributed by atoms with E-state index in [9.17, 15) is 9.59 Å². The molecule has 2 N–H and O–H groups in total. The van der Waals surface area contributed by atoms with Crippen LogP contribution in [0.4, 0.5) is 5.69 Å². The highest BCUT2D eigenvalue weighted by molar-refractivity contribution is 7.99. The summed E-state index contributed by atoms with van der Waals surface area (Å²) in [5.41, 5.74) is 4.23. The fraction of sp³-hybridized carbons (Fsp3) is 0.174. The van der Waals surface area contributed by atoms with E-state index < -0.39 is 0 Å². The lowest BCUT2D eigenvalue weighted by Crippen LogP contribution is -2.23. The Balaban J connectivity index is 1.63. The summed E-state index contributed by atoms with van der Waals surface area (Å²) in [5.74, 6) is -0.0700. The van der Waals surface area contributed by atoms with Crippen LogP contribution in [0.25, 0.3) is 22.2 Å². The summed E-state index contributed by atoms with van der Waals surface area (Å²) >= 11 is 7.37. The second-order valence-electron chi connectivity index (χ2n) is 6.99. The Bertz CT molecular complexity index is 1310. The molecule has 0 unspecified atom stereocenters. The summed E-state index contributed by atoms with van der Waals surface area (Å²) in [6, 6.07) is 15.2. The molecule has 6 nitrogen and oxygen atoms in total. The van der Waals surface area contributed by atoms with Crippen molar-refractivity contribution in [1.82, 2.24) is 14.5 Å². The van der Waals surface area contributed by atoms with E-state index in [4.69, 9.17) is 16.6 Å². The Labute approximate surface area is 188 Å². The van der Waals surface area contributed by atoms with Gasteiger partial charge in [-0.1, -0.05) is 59.8 Å². The van der Waals surface area contributed by atoms with Crippen molar-refractivity contribution in [3.8, 4) is 11.1 Å². The summed E-state index contributed by atoms with van der Waals surface area (Å²) in [5, 5.41) is 3.98. The Hall–Kier alpha value is -3.03. The number of nitrogens with one attached hydrogen (secondary N) is 2. The van der Waals surface area contributed by atoms with Gasteiger partial charge < -0.3 is 10.3 Å². The van der Waals surface area contributed by atoms with Gasteiger partial charge in [-0.15, -0.1) is 0 Å². The molecule has 0 saturated carbocycles. The van der Waals surface area contributed by atoms with Gasteiger partial charge in [0.15, 0.2) is 5.16 Å². The topological polar surface area (TPSA) is 79.8 Å². The van der Waals surface area contributed by atoms with Crippen LogP contribution in [-0.4, -0.2) is 26.2 Å². The number of hydrogen-bond donors (Lipinski definition) is 2. The van der Waals surface area contributed by atoms with E-state index in [1.54, 1.807) is 22.9 Å². The minimum atomic E-state index is -0.190. The normalized spacial score (nSPS) is 11.1. The zero-order chi connectivity index (χ0) is 22.0. The van der Waals surface area contributed by atoms with Gasteiger partial charge in [0.2, 0.25) is 5.91 Å². The van der Waals surface area contributed by atoms with Crippen LogP contribution in [0.1, 0.15) is 12.5 Å². The van der Waals surface area contributed by atoms with Crippen LogP contribution in [0.15, 0.2) is 64.7 Å². The van der Waals surface area contributed by atoms with E-state index in [0.717, 1.165) is 16.7 Å². The third-order valence-electron chi connectivity index (χ3n) is 5.03. The summed E-state index contributed by atoms with van der Waals surface area (Å²) in [6.45, 7) is 4.20. The Morgan fingerprint density at radius 2 is 1.97 bits per heavy atom. The molecule has 2 heterocycles. The van der Waals surface area contributed by atoms with Gasteiger partial charge in [-0.25, -0.2) is 4.98 Å². The number of carbonyl (C=O) groups excluding carboxylic acids is 1. The number of fused-ring (bicyclic) bond motifs is 1. The number of amides is 1. The SMILES string of the molecule is CCn1c(SCC(=O)Nc2cccc(Cl)c2C)nc2c(-c3ccccc3)c[nH]c2c1=O. The van der Waals surface area contributed by atoms with Gasteiger partial charge in [0.1, 0.15) is 11.0 Å². The molecule has 0 radical (unpaired) electrons. The molecule has 4 rings (SSSR count). The van der Waals surface area contributed by atoms with Gasteiger partial charge in [0.05, 0.1) is 5.75 Å². The molecular weight excluding hydrogens is 432 g/mol. The zero-order valence-electron chi connectivity index (χ0n) is 17.1. The first-order valence-corrected chi connectivity index (χ1v) is 11.2. The second kappa shape index (κ2) is 8.99. The minimum Gasteiger partial charge on any atom is -0.355 e. The average Bonchev–Trinajstić information content (AvgIpc) is 3.20. The van der Waals surface area contributed by atoms with E-state index >= 15 is 0 Å². The number of hydrogen-bond acceptors (Lipinski definition) is 4. The molecule has 0 aliphatic rings. The zero-order valence-corrected chi connectivity index (χ0v) is 18.7. The monoisotopic (exact) mass is 452 g/mol. The predicted octanol–water partition coefficient (Wildman–Crippen LogP) is 5.10. The van der Waals surface area contributed by atoms with E-state index in [2.05, 4.69) is 10.3 Å². The van der Waals surface area contributed by atoms with Gasteiger partial charge in [-0.2, -0.15) is 0 Å². The van der Waals surface area contributed by atoms with Gasteiger partial charge in [0, 0.05) is 29.0 Å². The van der Waals surface area contributed by atoms with Crippen molar-refractivity contribution < 1.29 is 4.79 Å². The van der Waals surface area contributed by atoms with Gasteiger partial charge in [0.25, 0.3) is 5.56 Å². The first-order valence-electron chi connectivity index (χ1n) is 9.84. The number of thioether (sulfide) groups is 1. The summed E-state index contributed by atoms with van der Waals surface area (Å²) < 4.78 is 1.58. The van der Waals surface area contributed by atoms with Crippen LogP contribution in [0.5, 0.6) is 0 Å². The van der Waals surface area contributed by atoms with E-state index in [1.807, 2.05) is 50.2 Å². The fourth-order valence-electron chi connectivity index (χ4n) is 3.36. The summed E-state index contributed by atoms with van der Waals surface area (Å²) in [4.78, 5) is 33.4. The molecule has 0 fully saturated rings. The van der Waals surface area contributed by atoms with Crippen molar-refractivity contribution in [2.45, 2.75) is 25.5 Å². The molecular formula is C23H21ClN4O2S. The number of nitrogens with zero attached hydrogens (tertiary/aromatic N) is 2. The van der Waals surface area contributed by atoms with E-state index in [1.165, 1.54) is 11.8 Å². The third-order valence-corrected chi connectivity index (χ3v) is 6.41. The molecule has 2 aromatic carbocycles. The standard InChI is InChI=1S/C23H21ClN4O2S/c1-3-28-22(30)21-20(16(12-25-21)15-8-5-4-6-9-15)27-23(28)31-13-19(29)26-18-11-7-10-17(24)14(18)2/h4-12,25H,3,13H2,1-2H3,(H,26,29). The molecule has 2 aromatic heterocycles. The number of benzene rings is 2. The molecule has 158 valence electrons. The maximum Gasteiger partial charge on any atom is 0.278 e. The fourth-order valence-corrected chi connectivity index (χ4v) is 4.39. The quantitative estimate of drug-likeness (QED) is 0.315. The average molecular weight is 453 g/mol. The number of rotatable bonds is 6. The first-order chi connectivity index (χ1) is 15.0. The molecule has 4 aromatic rings. The largest absolute Gasteiger partial charge is 0.355 e.